The Kier molecular flexibility index (Phi) is 10.8. The molecule has 0 heterocycles. The number of phenols is 1. The summed E-state index contributed by atoms with van der Waals surface area (Å²) in [6, 6.07) is 5.92. The van der Waals surface area contributed by atoms with E-state index in [0.29, 0.717) is 41.6 Å². The summed E-state index contributed by atoms with van der Waals surface area (Å²) in [6.45, 7) is 2.30. The van der Waals surface area contributed by atoms with Crippen molar-refractivity contribution in [2.24, 2.45) is 23.2 Å². The number of aromatic hydroxyl groups is 1. The molecule has 0 spiro atoms. The molecule has 2 fully saturated rings. The van der Waals surface area contributed by atoms with Crippen molar-refractivity contribution >= 4 is 10.8 Å². The fraction of sp³-hybridized carbons (Fsp3) is 0.812. The number of alkyl halides is 5. The summed E-state index contributed by atoms with van der Waals surface area (Å²) >= 11 is 0. The molecule has 0 saturated heterocycles. The number of phenolic OH excluding ortho intramolecular Hbond substituents is 1. The molecule has 3 nitrogen and oxygen atoms in total. The molecule has 3 aliphatic rings. The van der Waals surface area contributed by atoms with Gasteiger partial charge in [-0.3, -0.25) is 4.21 Å². The van der Waals surface area contributed by atoms with Gasteiger partial charge in [0, 0.05) is 28.7 Å². The summed E-state index contributed by atoms with van der Waals surface area (Å²) in [5.74, 6) is -1.91. The molecule has 7 atom stereocenters. The Morgan fingerprint density at radius 3 is 2.29 bits per heavy atom. The molecule has 0 bridgehead atoms. The molecule has 0 aliphatic heterocycles. The standard InChI is InChI=1S/C32H47F5O3S/c1-30-17-15-26-25-12-11-24(38)21-23(25)20-22(29(26)27(30)13-14-28(30)39)10-7-5-3-2-4-6-8-18-41(40)19-9-16-31(33,34)32(35,36)37/h11-12,21-22,26-29,38-39H,2-10,13-20H2,1H3/t22-,26+,27-,28-,29+,30-,41-/m0/s1. The van der Waals surface area contributed by atoms with Crippen LogP contribution in [0, 0.1) is 23.2 Å². The topological polar surface area (TPSA) is 57.5 Å². The second kappa shape index (κ2) is 13.6. The zero-order valence-electron chi connectivity index (χ0n) is 24.2. The largest absolute Gasteiger partial charge is 0.508 e. The third kappa shape index (κ3) is 7.66. The molecule has 2 saturated carbocycles. The zero-order chi connectivity index (χ0) is 29.8. The molecule has 0 unspecified atom stereocenters. The lowest BCUT2D eigenvalue weighted by Crippen LogP contribution is -2.47. The Bertz CT molecular complexity index is 1030. The maximum absolute atomic E-state index is 13.0. The first-order chi connectivity index (χ1) is 19.3. The second-order valence-electron chi connectivity index (χ2n) is 13.2. The molecule has 3 aliphatic carbocycles. The lowest BCUT2D eigenvalue weighted by Gasteiger charge is -2.53. The van der Waals surface area contributed by atoms with E-state index in [9.17, 15) is 36.4 Å². The zero-order valence-corrected chi connectivity index (χ0v) is 25.1. The SMILES string of the molecule is C[C@]12CC[C@@H]3c4ccc(O)cc4C[C@H](CCCCCCCCC[S@](=O)CCCC(F)(F)C(F)(F)F)[C@H]3[C@@H]1CC[C@@H]2O. The predicted octanol–water partition coefficient (Wildman–Crippen LogP) is 8.68. The van der Waals surface area contributed by atoms with Gasteiger partial charge in [-0.15, -0.1) is 0 Å². The highest BCUT2D eigenvalue weighted by Gasteiger charge is 2.57. The van der Waals surface area contributed by atoms with Crippen molar-refractivity contribution in [3.8, 4) is 5.75 Å². The van der Waals surface area contributed by atoms with Gasteiger partial charge in [0.05, 0.1) is 6.10 Å². The summed E-state index contributed by atoms with van der Waals surface area (Å²) in [7, 11) is -1.35. The van der Waals surface area contributed by atoms with Crippen LogP contribution in [-0.2, 0) is 17.2 Å². The maximum Gasteiger partial charge on any atom is 0.453 e. The first-order valence-corrected chi connectivity index (χ1v) is 17.1. The van der Waals surface area contributed by atoms with Crippen LogP contribution in [-0.4, -0.2) is 44.1 Å². The summed E-state index contributed by atoms with van der Waals surface area (Å²) < 4.78 is 74.5. The highest BCUT2D eigenvalue weighted by atomic mass is 32.2. The van der Waals surface area contributed by atoms with Crippen LogP contribution >= 0.6 is 0 Å². The molecule has 4 rings (SSSR count). The van der Waals surface area contributed by atoms with Crippen LogP contribution in [0.2, 0.25) is 0 Å². The molecule has 0 aromatic heterocycles. The van der Waals surface area contributed by atoms with Gasteiger partial charge in [-0.1, -0.05) is 51.5 Å². The molecule has 234 valence electrons. The van der Waals surface area contributed by atoms with E-state index in [4.69, 9.17) is 0 Å². The molecule has 0 radical (unpaired) electrons. The van der Waals surface area contributed by atoms with Crippen molar-refractivity contribution in [3.05, 3.63) is 29.3 Å². The number of halogens is 5. The minimum Gasteiger partial charge on any atom is -0.508 e. The third-order valence-electron chi connectivity index (χ3n) is 10.6. The number of fused-ring (bicyclic) bond motifs is 5. The average Bonchev–Trinajstić information content (AvgIpc) is 3.20. The fourth-order valence-corrected chi connectivity index (χ4v) is 9.48. The van der Waals surface area contributed by atoms with Gasteiger partial charge in [-0.05, 0) is 104 Å². The third-order valence-corrected chi connectivity index (χ3v) is 12.0. The van der Waals surface area contributed by atoms with Crippen LogP contribution in [0.15, 0.2) is 18.2 Å². The molecule has 2 N–H and O–H groups in total. The van der Waals surface area contributed by atoms with Crippen LogP contribution in [0.5, 0.6) is 5.75 Å². The van der Waals surface area contributed by atoms with Crippen molar-refractivity contribution in [3.63, 3.8) is 0 Å². The van der Waals surface area contributed by atoms with Crippen LogP contribution in [0.25, 0.3) is 0 Å². The van der Waals surface area contributed by atoms with Crippen molar-refractivity contribution in [2.45, 2.75) is 127 Å². The molecule has 9 heteroatoms. The molecule has 1 aromatic carbocycles. The van der Waals surface area contributed by atoms with Crippen LogP contribution in [0.4, 0.5) is 22.0 Å². The molecule has 41 heavy (non-hydrogen) atoms. The number of unbranched alkanes of at least 4 members (excludes halogenated alkanes) is 6. The number of hydrogen-bond donors (Lipinski definition) is 2. The van der Waals surface area contributed by atoms with E-state index in [0.717, 1.165) is 77.0 Å². The van der Waals surface area contributed by atoms with Gasteiger partial charge >= 0.3 is 12.1 Å². The van der Waals surface area contributed by atoms with Crippen LogP contribution in [0.3, 0.4) is 0 Å². The number of rotatable bonds is 14. The van der Waals surface area contributed by atoms with E-state index < -0.39 is 35.7 Å². The lowest BCUT2D eigenvalue weighted by molar-refractivity contribution is -0.284. The molecule has 1 aromatic rings. The van der Waals surface area contributed by atoms with E-state index in [1.165, 1.54) is 11.1 Å². The fourth-order valence-electron chi connectivity index (χ4n) is 8.28. The first kappa shape index (κ1) is 32.7. The minimum absolute atomic E-state index is 0.0195. The van der Waals surface area contributed by atoms with Gasteiger partial charge in [0.15, 0.2) is 0 Å². The van der Waals surface area contributed by atoms with Crippen LogP contribution < -0.4 is 0 Å². The predicted molar refractivity (Wildman–Crippen MR) is 153 cm³/mol. The van der Waals surface area contributed by atoms with Gasteiger partial charge in [0.25, 0.3) is 0 Å². The Balaban J connectivity index is 1.15. The van der Waals surface area contributed by atoms with Gasteiger partial charge in [0.2, 0.25) is 0 Å². The normalized spacial score (nSPS) is 30.5. The van der Waals surface area contributed by atoms with Gasteiger partial charge in [-0.25, -0.2) is 0 Å². The number of benzene rings is 1. The van der Waals surface area contributed by atoms with Crippen molar-refractivity contribution in [1.29, 1.82) is 0 Å². The number of aliphatic hydroxyl groups is 1. The summed E-state index contributed by atoms with van der Waals surface area (Å²) in [4.78, 5) is 0. The summed E-state index contributed by atoms with van der Waals surface area (Å²) in [5.41, 5.74) is 2.73. The second-order valence-corrected chi connectivity index (χ2v) is 14.9. The Morgan fingerprint density at radius 2 is 1.59 bits per heavy atom. The lowest BCUT2D eigenvalue weighted by atomic mass is 9.52. The first-order valence-electron chi connectivity index (χ1n) is 15.6. The Morgan fingerprint density at radius 1 is 0.927 bits per heavy atom. The van der Waals surface area contributed by atoms with Gasteiger partial charge in [-0.2, -0.15) is 22.0 Å². The average molecular weight is 607 g/mol. The maximum atomic E-state index is 13.0. The van der Waals surface area contributed by atoms with Crippen LogP contribution in [0.1, 0.15) is 114 Å². The van der Waals surface area contributed by atoms with E-state index in [1.807, 2.05) is 12.1 Å². The number of hydrogen-bond acceptors (Lipinski definition) is 3. The highest BCUT2D eigenvalue weighted by molar-refractivity contribution is 7.84. The van der Waals surface area contributed by atoms with Crippen molar-refractivity contribution in [1.82, 2.24) is 0 Å². The molecular formula is C32H47F5O3S. The highest BCUT2D eigenvalue weighted by Crippen LogP contribution is 2.62. The van der Waals surface area contributed by atoms with E-state index in [2.05, 4.69) is 13.0 Å². The molecule has 0 amide bonds. The van der Waals surface area contributed by atoms with E-state index in [-0.39, 0.29) is 17.3 Å². The summed E-state index contributed by atoms with van der Waals surface area (Å²) in [5, 5.41) is 21.0. The Labute approximate surface area is 244 Å². The Hall–Kier alpha value is -1.22. The number of aliphatic hydroxyl groups excluding tert-OH is 1. The smallest absolute Gasteiger partial charge is 0.453 e. The quantitative estimate of drug-likeness (QED) is 0.165. The van der Waals surface area contributed by atoms with E-state index >= 15 is 0 Å². The van der Waals surface area contributed by atoms with Gasteiger partial charge in [0.1, 0.15) is 5.75 Å². The van der Waals surface area contributed by atoms with Crippen molar-refractivity contribution < 1.29 is 36.4 Å². The minimum atomic E-state index is -5.54. The van der Waals surface area contributed by atoms with Crippen molar-refractivity contribution in [2.75, 3.05) is 11.5 Å². The summed E-state index contributed by atoms with van der Waals surface area (Å²) in [6.07, 6.45) is 5.97. The monoisotopic (exact) mass is 606 g/mol. The van der Waals surface area contributed by atoms with E-state index in [1.54, 1.807) is 0 Å². The molecular weight excluding hydrogens is 559 g/mol. The van der Waals surface area contributed by atoms with Gasteiger partial charge < -0.3 is 10.2 Å².